The maximum absolute atomic E-state index is 13.6. The summed E-state index contributed by atoms with van der Waals surface area (Å²) in [5.74, 6) is -0.334. The number of hydrazine groups is 1. The zero-order valence-corrected chi connectivity index (χ0v) is 21.0. The summed E-state index contributed by atoms with van der Waals surface area (Å²) in [6, 6.07) is 11.7. The summed E-state index contributed by atoms with van der Waals surface area (Å²) in [6.45, 7) is 6.78. The van der Waals surface area contributed by atoms with Crippen LogP contribution in [0.25, 0.3) is 0 Å². The highest BCUT2D eigenvalue weighted by Crippen LogP contribution is 2.30. The minimum absolute atomic E-state index is 0.0912. The van der Waals surface area contributed by atoms with Crippen LogP contribution in [0.2, 0.25) is 0 Å². The van der Waals surface area contributed by atoms with E-state index in [4.69, 9.17) is 4.74 Å². The van der Waals surface area contributed by atoms with Crippen molar-refractivity contribution in [2.45, 2.75) is 26.9 Å². The second-order valence-electron chi connectivity index (χ2n) is 8.44. The van der Waals surface area contributed by atoms with Crippen LogP contribution in [-0.2, 0) is 22.7 Å². The normalized spacial score (nSPS) is 12.5. The molecule has 0 radical (unpaired) electrons. The van der Waals surface area contributed by atoms with Gasteiger partial charge in [-0.25, -0.2) is 9.40 Å². The third-order valence-electron chi connectivity index (χ3n) is 5.92. The van der Waals surface area contributed by atoms with Gasteiger partial charge < -0.3 is 20.3 Å². The number of likely N-dealkylation sites (N-methyl/N-ethyl adjacent to an activating group) is 2. The first-order chi connectivity index (χ1) is 17.4. The molecule has 0 aliphatic carbocycles. The largest absolute Gasteiger partial charge is 0.492 e. The molecular formula is C26H33FN6O3. The maximum atomic E-state index is 13.6. The van der Waals surface area contributed by atoms with E-state index in [0.717, 1.165) is 17.7 Å². The fraction of sp³-hybridized carbons (Fsp3) is 0.423. The Labute approximate surface area is 211 Å². The van der Waals surface area contributed by atoms with E-state index in [1.807, 2.05) is 18.9 Å². The van der Waals surface area contributed by atoms with Gasteiger partial charge in [0, 0.05) is 33.2 Å². The van der Waals surface area contributed by atoms with Gasteiger partial charge in [0.1, 0.15) is 11.6 Å². The number of anilines is 1. The first-order valence-electron chi connectivity index (χ1n) is 12.0. The van der Waals surface area contributed by atoms with Gasteiger partial charge >= 0.3 is 0 Å². The monoisotopic (exact) mass is 496 g/mol. The molecule has 1 aliphatic rings. The Kier molecular flexibility index (Phi) is 9.61. The molecular weight excluding hydrogens is 463 g/mol. The van der Waals surface area contributed by atoms with Gasteiger partial charge in [0.15, 0.2) is 0 Å². The highest BCUT2D eigenvalue weighted by molar-refractivity contribution is 5.87. The van der Waals surface area contributed by atoms with E-state index in [9.17, 15) is 19.2 Å². The lowest BCUT2D eigenvalue weighted by atomic mass is 10.1. The lowest BCUT2D eigenvalue weighted by molar-refractivity contribution is -0.145. The molecule has 192 valence electrons. The van der Waals surface area contributed by atoms with Crippen LogP contribution in [0.3, 0.4) is 0 Å². The Morgan fingerprint density at radius 2 is 1.89 bits per heavy atom. The van der Waals surface area contributed by atoms with Gasteiger partial charge in [-0.15, -0.1) is 0 Å². The van der Waals surface area contributed by atoms with Gasteiger partial charge in [0.2, 0.25) is 5.91 Å². The molecule has 0 aromatic heterocycles. The van der Waals surface area contributed by atoms with Gasteiger partial charge in [-0.1, -0.05) is 13.0 Å². The molecule has 0 saturated heterocycles. The van der Waals surface area contributed by atoms with E-state index in [0.29, 0.717) is 49.8 Å². The molecule has 2 amide bonds. The van der Waals surface area contributed by atoms with E-state index in [1.54, 1.807) is 36.2 Å². The van der Waals surface area contributed by atoms with Crippen LogP contribution in [0, 0.1) is 17.1 Å². The summed E-state index contributed by atoms with van der Waals surface area (Å²) >= 11 is 0. The number of halogens is 1. The molecule has 1 aliphatic heterocycles. The number of benzene rings is 2. The predicted octanol–water partition coefficient (Wildman–Crippen LogP) is 2.02. The number of carbonyl (C=O) groups is 2. The minimum Gasteiger partial charge on any atom is -0.492 e. The zero-order chi connectivity index (χ0) is 26.1. The second-order valence-corrected chi connectivity index (χ2v) is 8.44. The average Bonchev–Trinajstić information content (AvgIpc) is 3.29. The second kappa shape index (κ2) is 12.9. The van der Waals surface area contributed by atoms with Crippen LogP contribution < -0.4 is 20.3 Å². The molecule has 3 rings (SSSR count). The number of rotatable bonds is 12. The number of nitriles is 1. The smallest absolute Gasteiger partial charge is 0.256 e. The van der Waals surface area contributed by atoms with Crippen molar-refractivity contribution in [3.05, 3.63) is 58.9 Å². The number of fused-ring (bicyclic) bond motifs is 1. The van der Waals surface area contributed by atoms with Crippen LogP contribution in [0.4, 0.5) is 10.1 Å². The lowest BCUT2D eigenvalue weighted by Gasteiger charge is -2.32. The van der Waals surface area contributed by atoms with E-state index >= 15 is 0 Å². The molecule has 0 fully saturated rings. The average molecular weight is 497 g/mol. The summed E-state index contributed by atoms with van der Waals surface area (Å²) in [4.78, 5) is 27.7. The molecule has 10 heteroatoms. The highest BCUT2D eigenvalue weighted by atomic mass is 19.1. The van der Waals surface area contributed by atoms with Crippen LogP contribution in [0.1, 0.15) is 30.5 Å². The van der Waals surface area contributed by atoms with Crippen molar-refractivity contribution in [3.63, 3.8) is 0 Å². The van der Waals surface area contributed by atoms with Gasteiger partial charge in [0.05, 0.1) is 37.0 Å². The van der Waals surface area contributed by atoms with Crippen molar-refractivity contribution in [3.8, 4) is 11.8 Å². The summed E-state index contributed by atoms with van der Waals surface area (Å²) in [7, 11) is 1.66. The summed E-state index contributed by atoms with van der Waals surface area (Å²) in [5.41, 5.74) is 2.69. The number of carbonyl (C=O) groups excluding carboxylic acids is 2. The van der Waals surface area contributed by atoms with Crippen molar-refractivity contribution in [1.29, 1.82) is 5.26 Å². The van der Waals surface area contributed by atoms with E-state index < -0.39 is 0 Å². The standard InChI is InChI=1S/C26H33FN6O3/c1-4-29-10-11-30-25(34)17-32(23-12-19(14-28)6-9-24(23)36-5-2)18-26(35)31(3)33-15-20-7-8-22(27)13-21(20)16-33/h6-9,12-13,29H,4-5,10-11,15-18H2,1-3H3,(H,30,34). The van der Waals surface area contributed by atoms with E-state index in [-0.39, 0.29) is 30.7 Å². The quantitative estimate of drug-likeness (QED) is 0.434. The zero-order valence-electron chi connectivity index (χ0n) is 21.0. The fourth-order valence-electron chi connectivity index (χ4n) is 4.01. The Morgan fingerprint density at radius 3 is 2.61 bits per heavy atom. The molecule has 0 spiro atoms. The molecule has 0 bridgehead atoms. The van der Waals surface area contributed by atoms with Crippen LogP contribution >= 0.6 is 0 Å². The Bertz CT molecular complexity index is 1120. The summed E-state index contributed by atoms with van der Waals surface area (Å²) in [6.07, 6.45) is 0. The Morgan fingerprint density at radius 1 is 1.11 bits per heavy atom. The number of hydrogen-bond donors (Lipinski definition) is 2. The minimum atomic E-state index is -0.309. The molecule has 0 atom stereocenters. The van der Waals surface area contributed by atoms with Gasteiger partial charge in [-0.3, -0.25) is 14.6 Å². The van der Waals surface area contributed by atoms with Gasteiger partial charge in [0.25, 0.3) is 5.91 Å². The molecule has 9 nitrogen and oxygen atoms in total. The SMILES string of the molecule is CCNCCNC(=O)CN(CC(=O)N(C)N1Cc2ccc(F)cc2C1)c1cc(C#N)ccc1OCC. The first kappa shape index (κ1) is 26.9. The van der Waals surface area contributed by atoms with Crippen LogP contribution in [0.5, 0.6) is 5.75 Å². The van der Waals surface area contributed by atoms with Gasteiger partial charge in [-0.05, 0) is 54.9 Å². The molecule has 2 N–H and O–H groups in total. The van der Waals surface area contributed by atoms with Crippen LogP contribution in [-0.4, -0.2) is 68.2 Å². The molecule has 36 heavy (non-hydrogen) atoms. The maximum Gasteiger partial charge on any atom is 0.256 e. The molecule has 0 unspecified atom stereocenters. The first-order valence-corrected chi connectivity index (χ1v) is 12.0. The molecule has 0 saturated carbocycles. The van der Waals surface area contributed by atoms with E-state index in [2.05, 4.69) is 16.7 Å². The van der Waals surface area contributed by atoms with Crippen LogP contribution in [0.15, 0.2) is 36.4 Å². The molecule has 2 aromatic carbocycles. The topological polar surface area (TPSA) is 101 Å². The van der Waals surface area contributed by atoms with Crippen molar-refractivity contribution in [1.82, 2.24) is 20.7 Å². The van der Waals surface area contributed by atoms with Gasteiger partial charge in [-0.2, -0.15) is 5.26 Å². The summed E-state index contributed by atoms with van der Waals surface area (Å²) < 4.78 is 19.4. The van der Waals surface area contributed by atoms with E-state index in [1.165, 1.54) is 17.1 Å². The third kappa shape index (κ3) is 6.93. The van der Waals surface area contributed by atoms with Crippen molar-refractivity contribution >= 4 is 17.5 Å². The third-order valence-corrected chi connectivity index (χ3v) is 5.92. The number of hydrogen-bond acceptors (Lipinski definition) is 7. The Hall–Kier alpha value is -3.68. The number of nitrogens with one attached hydrogen (secondary N) is 2. The Balaban J connectivity index is 1.79. The van der Waals surface area contributed by atoms with Crippen molar-refractivity contribution in [2.75, 3.05) is 51.3 Å². The number of ether oxygens (including phenoxy) is 1. The summed E-state index contributed by atoms with van der Waals surface area (Å²) in [5, 5.41) is 18.8. The number of nitrogens with zero attached hydrogens (tertiary/aromatic N) is 4. The fourth-order valence-corrected chi connectivity index (χ4v) is 4.01. The van der Waals surface area contributed by atoms with Crippen molar-refractivity contribution in [2.24, 2.45) is 0 Å². The molecule has 2 aromatic rings. The predicted molar refractivity (Wildman–Crippen MR) is 135 cm³/mol. The molecule has 1 heterocycles. The number of amides is 2. The highest BCUT2D eigenvalue weighted by Gasteiger charge is 2.28. The van der Waals surface area contributed by atoms with Crippen molar-refractivity contribution < 1.29 is 18.7 Å². The lowest BCUT2D eigenvalue weighted by Crippen LogP contribution is -2.48.